The summed E-state index contributed by atoms with van der Waals surface area (Å²) in [6.07, 6.45) is 3.65. The Morgan fingerprint density at radius 1 is 1.24 bits per heavy atom. The van der Waals surface area contributed by atoms with E-state index in [4.69, 9.17) is 0 Å². The first-order valence-corrected chi connectivity index (χ1v) is 7.52. The molecular formula is C14H22N4O3. The van der Waals surface area contributed by atoms with E-state index in [0.717, 1.165) is 38.8 Å². The Bertz CT molecular complexity index is 516. The molecule has 0 aliphatic carbocycles. The number of nitrogens with zero attached hydrogens (tertiary/aromatic N) is 4. The third-order valence-electron chi connectivity index (χ3n) is 4.09. The van der Waals surface area contributed by atoms with Crippen molar-refractivity contribution in [2.24, 2.45) is 0 Å². The number of hydrogen-bond acceptors (Lipinski definition) is 4. The molecule has 1 saturated heterocycles. The molecular weight excluding hydrogens is 272 g/mol. The average molecular weight is 294 g/mol. The van der Waals surface area contributed by atoms with Crippen LogP contribution in [0, 0.1) is 0 Å². The molecule has 0 spiro atoms. The summed E-state index contributed by atoms with van der Waals surface area (Å²) in [6.45, 7) is 5.63. The predicted molar refractivity (Wildman–Crippen MR) is 76.1 cm³/mol. The van der Waals surface area contributed by atoms with Crippen molar-refractivity contribution < 1.29 is 14.7 Å². The lowest BCUT2D eigenvalue weighted by molar-refractivity contribution is -0.131. The summed E-state index contributed by atoms with van der Waals surface area (Å²) >= 11 is 0. The topological polar surface area (TPSA) is 88.3 Å². The van der Waals surface area contributed by atoms with Crippen LogP contribution in [0.25, 0.3) is 0 Å². The number of carboxylic acids is 1. The minimum atomic E-state index is -1.09. The molecule has 1 aromatic rings. The van der Waals surface area contributed by atoms with Gasteiger partial charge in [0.05, 0.1) is 5.69 Å². The highest BCUT2D eigenvalue weighted by molar-refractivity contribution is 5.87. The molecule has 7 nitrogen and oxygen atoms in total. The van der Waals surface area contributed by atoms with Gasteiger partial charge in [0.25, 0.3) is 0 Å². The number of aromatic nitrogens is 3. The van der Waals surface area contributed by atoms with Gasteiger partial charge in [-0.05, 0) is 25.7 Å². The first-order chi connectivity index (χ1) is 10.1. The van der Waals surface area contributed by atoms with Crippen LogP contribution in [-0.2, 0) is 11.3 Å². The van der Waals surface area contributed by atoms with Crippen molar-refractivity contribution in [3.8, 4) is 0 Å². The summed E-state index contributed by atoms with van der Waals surface area (Å²) in [4.78, 5) is 25.3. The van der Waals surface area contributed by atoms with Crippen LogP contribution >= 0.6 is 0 Å². The maximum absolute atomic E-state index is 12.2. The van der Waals surface area contributed by atoms with E-state index in [1.165, 1.54) is 4.68 Å². The molecule has 7 heteroatoms. The van der Waals surface area contributed by atoms with Crippen LogP contribution in [0.4, 0.5) is 0 Å². The summed E-state index contributed by atoms with van der Waals surface area (Å²) in [5, 5.41) is 16.9. The second kappa shape index (κ2) is 6.69. The highest BCUT2D eigenvalue weighted by Gasteiger charge is 2.27. The van der Waals surface area contributed by atoms with Crippen LogP contribution in [0.2, 0.25) is 0 Å². The minimum absolute atomic E-state index is 0.0125. The minimum Gasteiger partial charge on any atom is -0.476 e. The lowest BCUT2D eigenvalue weighted by atomic mass is 9.97. The Labute approximate surface area is 123 Å². The normalized spacial score (nSPS) is 14.9. The monoisotopic (exact) mass is 294 g/mol. The number of rotatable bonds is 6. The van der Waals surface area contributed by atoms with Crippen molar-refractivity contribution in [1.82, 2.24) is 19.9 Å². The number of carbonyl (C=O) groups is 2. The molecule has 1 aliphatic rings. The second-order valence-corrected chi connectivity index (χ2v) is 5.39. The highest BCUT2D eigenvalue weighted by Crippen LogP contribution is 2.25. The van der Waals surface area contributed by atoms with E-state index in [2.05, 4.69) is 10.3 Å². The molecule has 1 aliphatic heterocycles. The molecule has 0 unspecified atom stereocenters. The van der Waals surface area contributed by atoms with Gasteiger partial charge in [-0.3, -0.25) is 4.79 Å². The van der Waals surface area contributed by atoms with E-state index < -0.39 is 5.97 Å². The molecule has 0 bridgehead atoms. The van der Waals surface area contributed by atoms with Gasteiger partial charge in [0.15, 0.2) is 5.69 Å². The van der Waals surface area contributed by atoms with Crippen molar-refractivity contribution in [1.29, 1.82) is 0 Å². The Kier molecular flexibility index (Phi) is 4.93. The number of amides is 1. The van der Waals surface area contributed by atoms with Crippen LogP contribution in [0.1, 0.15) is 61.6 Å². The number of carboxylic acid groups (broad SMARTS) is 1. The van der Waals surface area contributed by atoms with E-state index in [0.29, 0.717) is 5.69 Å². The van der Waals surface area contributed by atoms with Crippen LogP contribution in [0.3, 0.4) is 0 Å². The number of likely N-dealkylation sites (tertiary alicyclic amines) is 1. The lowest BCUT2D eigenvalue weighted by Gasteiger charge is -2.18. The quantitative estimate of drug-likeness (QED) is 0.859. The van der Waals surface area contributed by atoms with Gasteiger partial charge in [-0.15, -0.1) is 5.10 Å². The fraction of sp³-hybridized carbons (Fsp3) is 0.714. The molecule has 21 heavy (non-hydrogen) atoms. The summed E-state index contributed by atoms with van der Waals surface area (Å²) < 4.78 is 1.47. The van der Waals surface area contributed by atoms with Gasteiger partial charge in [-0.2, -0.15) is 0 Å². The summed E-state index contributed by atoms with van der Waals surface area (Å²) in [5.74, 6) is -1.05. The van der Waals surface area contributed by atoms with Gasteiger partial charge in [0.1, 0.15) is 6.54 Å². The van der Waals surface area contributed by atoms with Crippen molar-refractivity contribution >= 4 is 11.9 Å². The van der Waals surface area contributed by atoms with Crippen molar-refractivity contribution in [2.75, 3.05) is 13.1 Å². The molecule has 1 fully saturated rings. The average Bonchev–Trinajstić information content (AvgIpc) is 3.10. The molecule has 0 aromatic carbocycles. The highest BCUT2D eigenvalue weighted by atomic mass is 16.4. The fourth-order valence-electron chi connectivity index (χ4n) is 2.86. The van der Waals surface area contributed by atoms with E-state index in [-0.39, 0.29) is 24.1 Å². The van der Waals surface area contributed by atoms with Gasteiger partial charge < -0.3 is 10.0 Å². The van der Waals surface area contributed by atoms with Crippen LogP contribution in [0.15, 0.2) is 0 Å². The number of aromatic carboxylic acids is 1. The zero-order valence-corrected chi connectivity index (χ0v) is 12.6. The van der Waals surface area contributed by atoms with Crippen molar-refractivity contribution in [3.05, 3.63) is 11.4 Å². The SMILES string of the molecule is CCC(CC)c1c(C(=O)O)nnn1CC(=O)N1CCCC1. The number of carbonyl (C=O) groups excluding carboxylic acids is 1. The maximum atomic E-state index is 12.2. The van der Waals surface area contributed by atoms with E-state index in [1.807, 2.05) is 13.8 Å². The molecule has 1 N–H and O–H groups in total. The Morgan fingerprint density at radius 3 is 2.38 bits per heavy atom. The van der Waals surface area contributed by atoms with Gasteiger partial charge >= 0.3 is 5.97 Å². The van der Waals surface area contributed by atoms with Gasteiger partial charge in [-0.25, -0.2) is 9.48 Å². The Morgan fingerprint density at radius 2 is 1.86 bits per heavy atom. The second-order valence-electron chi connectivity index (χ2n) is 5.39. The standard InChI is InChI=1S/C14H22N4O3/c1-3-10(4-2)13-12(14(20)21)15-16-18(13)9-11(19)17-7-5-6-8-17/h10H,3-9H2,1-2H3,(H,20,21). The molecule has 116 valence electrons. The molecule has 2 rings (SSSR count). The lowest BCUT2D eigenvalue weighted by Crippen LogP contribution is -2.32. The van der Waals surface area contributed by atoms with Crippen LogP contribution < -0.4 is 0 Å². The first kappa shape index (κ1) is 15.5. The largest absolute Gasteiger partial charge is 0.476 e. The maximum Gasteiger partial charge on any atom is 0.358 e. The van der Waals surface area contributed by atoms with Crippen molar-refractivity contribution in [2.45, 2.75) is 52.0 Å². The molecule has 0 saturated carbocycles. The predicted octanol–water partition coefficient (Wildman–Crippen LogP) is 1.50. The van der Waals surface area contributed by atoms with Crippen LogP contribution in [0.5, 0.6) is 0 Å². The fourth-order valence-corrected chi connectivity index (χ4v) is 2.86. The smallest absolute Gasteiger partial charge is 0.358 e. The van der Waals surface area contributed by atoms with Crippen LogP contribution in [-0.4, -0.2) is 50.0 Å². The molecule has 2 heterocycles. The summed E-state index contributed by atoms with van der Waals surface area (Å²) in [7, 11) is 0. The summed E-state index contributed by atoms with van der Waals surface area (Å²) in [6, 6.07) is 0. The Hall–Kier alpha value is -1.92. The first-order valence-electron chi connectivity index (χ1n) is 7.52. The Balaban J connectivity index is 2.25. The van der Waals surface area contributed by atoms with Gasteiger partial charge in [-0.1, -0.05) is 19.1 Å². The van der Waals surface area contributed by atoms with E-state index in [9.17, 15) is 14.7 Å². The van der Waals surface area contributed by atoms with Gasteiger partial charge in [0, 0.05) is 19.0 Å². The third kappa shape index (κ3) is 3.22. The molecule has 1 amide bonds. The zero-order chi connectivity index (χ0) is 15.4. The van der Waals surface area contributed by atoms with E-state index >= 15 is 0 Å². The van der Waals surface area contributed by atoms with Crippen molar-refractivity contribution in [3.63, 3.8) is 0 Å². The molecule has 0 atom stereocenters. The zero-order valence-electron chi connectivity index (χ0n) is 12.6. The molecule has 0 radical (unpaired) electrons. The van der Waals surface area contributed by atoms with E-state index in [1.54, 1.807) is 4.90 Å². The number of hydrogen-bond donors (Lipinski definition) is 1. The third-order valence-corrected chi connectivity index (χ3v) is 4.09. The molecule has 1 aromatic heterocycles. The summed E-state index contributed by atoms with van der Waals surface area (Å²) in [5.41, 5.74) is 0.540. The van der Waals surface area contributed by atoms with Gasteiger partial charge in [0.2, 0.25) is 5.91 Å².